The molecule has 0 radical (unpaired) electrons. The quantitative estimate of drug-likeness (QED) is 0.0324. The molecule has 0 fully saturated rings. The normalized spacial score (nSPS) is 15.3. The van der Waals surface area contributed by atoms with E-state index in [2.05, 4.69) is 31.6 Å². The number of hydrogen-bond donors (Lipinski definition) is 10. The number of nitrogens with zero attached hydrogens (tertiary/aromatic N) is 1. The number of carbonyl (C=O) groups is 7. The van der Waals surface area contributed by atoms with Crippen molar-refractivity contribution in [3.05, 3.63) is 0 Å². The Labute approximate surface area is 293 Å². The molecule has 18 heteroatoms. The van der Waals surface area contributed by atoms with Gasteiger partial charge in [-0.25, -0.2) is 0 Å². The molecule has 5 amide bonds. The summed E-state index contributed by atoms with van der Waals surface area (Å²) in [7, 11) is 0. The van der Waals surface area contributed by atoms with Crippen molar-refractivity contribution >= 4 is 47.4 Å². The highest BCUT2D eigenvalue weighted by molar-refractivity contribution is 5.96. The molecule has 0 saturated heterocycles. The summed E-state index contributed by atoms with van der Waals surface area (Å²) in [4.78, 5) is 93.1. The third-order valence-corrected chi connectivity index (χ3v) is 7.78. The molecule has 18 nitrogen and oxygen atoms in total. The second kappa shape index (κ2) is 23.0. The zero-order chi connectivity index (χ0) is 38.7. The highest BCUT2D eigenvalue weighted by atomic mass is 16.4. The number of carbonyl (C=O) groups excluding carboxylic acids is 5. The van der Waals surface area contributed by atoms with Crippen LogP contribution in [-0.4, -0.2) is 100 Å². The largest absolute Gasteiger partial charge is 0.481 e. The van der Waals surface area contributed by atoms with Gasteiger partial charge in [-0.15, -0.1) is 0 Å². The molecule has 0 aliphatic heterocycles. The summed E-state index contributed by atoms with van der Waals surface area (Å²) < 4.78 is 0. The summed E-state index contributed by atoms with van der Waals surface area (Å²) in [6.07, 6.45) is 0.410. The van der Waals surface area contributed by atoms with E-state index in [1.165, 1.54) is 6.92 Å². The number of aliphatic imine (C=N–C) groups is 1. The van der Waals surface area contributed by atoms with Crippen molar-refractivity contribution in [1.82, 2.24) is 26.6 Å². The molecule has 7 atom stereocenters. The van der Waals surface area contributed by atoms with Crippen LogP contribution in [0.3, 0.4) is 0 Å². The first-order valence-electron chi connectivity index (χ1n) is 17.0. The molecule has 286 valence electrons. The maximum atomic E-state index is 13.8. The van der Waals surface area contributed by atoms with Gasteiger partial charge in [0.05, 0.1) is 6.04 Å². The van der Waals surface area contributed by atoms with Gasteiger partial charge in [0.1, 0.15) is 30.2 Å². The predicted molar refractivity (Wildman–Crippen MR) is 186 cm³/mol. The minimum atomic E-state index is -1.32. The zero-order valence-corrected chi connectivity index (χ0v) is 30.3. The Balaban J connectivity index is 6.30. The van der Waals surface area contributed by atoms with E-state index < -0.39 is 90.1 Å². The standard InChI is InChI=1S/C32H59N9O9/c1-8-18(6)25(41-28(46)22(11-12-24(42)43)38-26(44)20(33)14-16(2)3)30(48)39-21(10-9-13-36-32(34)35)27(45)40-23(15-17(4)5)29(47)37-19(7)31(49)50/h16-23,25H,8-15,33H2,1-7H3,(H,37,47)(H,38,44)(H,39,48)(H,40,45)(H,41,46)(H,42,43)(H,49,50)(H4,34,35,36)/t18-,19-,20-,21-,22-,23-,25-/m0/s1. The number of amides is 5. The summed E-state index contributed by atoms with van der Waals surface area (Å²) in [5.74, 6) is -6.81. The Morgan fingerprint density at radius 3 is 1.66 bits per heavy atom. The van der Waals surface area contributed by atoms with E-state index in [4.69, 9.17) is 17.2 Å². The SMILES string of the molecule is CC[C@H](C)[C@H](NC(=O)[C@H](CCC(=O)O)NC(=O)[C@@H](N)CC(C)C)C(=O)N[C@@H](CCCN=C(N)N)C(=O)N[C@@H](CC(C)C)C(=O)N[C@@H](C)C(=O)O. The number of aliphatic carboxylic acids is 2. The van der Waals surface area contributed by atoms with Gasteiger partial charge in [0, 0.05) is 13.0 Å². The van der Waals surface area contributed by atoms with Crippen molar-refractivity contribution in [1.29, 1.82) is 0 Å². The highest BCUT2D eigenvalue weighted by Crippen LogP contribution is 2.13. The van der Waals surface area contributed by atoms with E-state index in [9.17, 15) is 43.8 Å². The monoisotopic (exact) mass is 713 g/mol. The Bertz CT molecular complexity index is 1190. The lowest BCUT2D eigenvalue weighted by Crippen LogP contribution is -2.60. The van der Waals surface area contributed by atoms with E-state index in [1.54, 1.807) is 13.8 Å². The number of carboxylic acids is 2. The van der Waals surface area contributed by atoms with Gasteiger partial charge < -0.3 is 54.0 Å². The summed E-state index contributed by atoms with van der Waals surface area (Å²) in [5, 5.41) is 31.2. The average molecular weight is 714 g/mol. The summed E-state index contributed by atoms with van der Waals surface area (Å²) in [6.45, 7) is 12.2. The van der Waals surface area contributed by atoms with E-state index in [0.717, 1.165) is 0 Å². The molecular weight excluding hydrogens is 654 g/mol. The maximum absolute atomic E-state index is 13.8. The molecule has 0 unspecified atom stereocenters. The summed E-state index contributed by atoms with van der Waals surface area (Å²) in [6, 6.07) is -7.09. The topological polar surface area (TPSA) is 311 Å². The Hall–Kier alpha value is -4.48. The van der Waals surface area contributed by atoms with E-state index >= 15 is 0 Å². The molecule has 0 aromatic carbocycles. The number of nitrogens with two attached hydrogens (primary N) is 3. The second-order valence-corrected chi connectivity index (χ2v) is 13.4. The molecule has 0 spiro atoms. The first-order valence-corrected chi connectivity index (χ1v) is 17.0. The van der Waals surface area contributed by atoms with E-state index in [1.807, 2.05) is 27.7 Å². The van der Waals surface area contributed by atoms with Gasteiger partial charge in [-0.1, -0.05) is 48.0 Å². The lowest BCUT2D eigenvalue weighted by molar-refractivity contribution is -0.142. The lowest BCUT2D eigenvalue weighted by atomic mass is 9.96. The Kier molecular flexibility index (Phi) is 21.0. The Morgan fingerprint density at radius 2 is 1.16 bits per heavy atom. The Morgan fingerprint density at radius 1 is 0.660 bits per heavy atom. The van der Waals surface area contributed by atoms with Crippen LogP contribution < -0.4 is 43.8 Å². The van der Waals surface area contributed by atoms with Crippen LogP contribution in [0.1, 0.15) is 93.4 Å². The van der Waals surface area contributed by atoms with Crippen molar-refractivity contribution < 1.29 is 43.8 Å². The smallest absolute Gasteiger partial charge is 0.325 e. The van der Waals surface area contributed by atoms with Crippen molar-refractivity contribution in [3.63, 3.8) is 0 Å². The third kappa shape index (κ3) is 18.3. The number of rotatable bonds is 24. The van der Waals surface area contributed by atoms with Crippen LogP contribution in [0.2, 0.25) is 0 Å². The number of nitrogens with one attached hydrogen (secondary N) is 5. The molecular formula is C32H59N9O9. The maximum Gasteiger partial charge on any atom is 0.325 e. The van der Waals surface area contributed by atoms with Gasteiger partial charge >= 0.3 is 11.9 Å². The van der Waals surface area contributed by atoms with Crippen molar-refractivity contribution in [2.75, 3.05) is 6.54 Å². The molecule has 0 aromatic heterocycles. The highest BCUT2D eigenvalue weighted by Gasteiger charge is 2.34. The van der Waals surface area contributed by atoms with Crippen LogP contribution >= 0.6 is 0 Å². The second-order valence-electron chi connectivity index (χ2n) is 13.4. The van der Waals surface area contributed by atoms with E-state index in [0.29, 0.717) is 12.8 Å². The van der Waals surface area contributed by atoms with Crippen LogP contribution in [0.4, 0.5) is 0 Å². The van der Waals surface area contributed by atoms with Crippen LogP contribution in [0.15, 0.2) is 4.99 Å². The minimum Gasteiger partial charge on any atom is -0.481 e. The fourth-order valence-electron chi connectivity index (χ4n) is 4.77. The van der Waals surface area contributed by atoms with Crippen molar-refractivity contribution in [2.24, 2.45) is 39.9 Å². The fourth-order valence-corrected chi connectivity index (χ4v) is 4.77. The van der Waals surface area contributed by atoms with Gasteiger partial charge in [-0.2, -0.15) is 0 Å². The number of guanidine groups is 1. The van der Waals surface area contributed by atoms with Crippen molar-refractivity contribution in [2.45, 2.75) is 130 Å². The first-order chi connectivity index (χ1) is 23.2. The van der Waals surface area contributed by atoms with Gasteiger partial charge in [0.15, 0.2) is 5.96 Å². The molecule has 0 aliphatic rings. The van der Waals surface area contributed by atoms with Crippen LogP contribution in [0.5, 0.6) is 0 Å². The van der Waals surface area contributed by atoms with E-state index in [-0.39, 0.29) is 50.0 Å². The van der Waals surface area contributed by atoms with Crippen LogP contribution in [-0.2, 0) is 33.6 Å². The molecule has 50 heavy (non-hydrogen) atoms. The third-order valence-electron chi connectivity index (χ3n) is 7.78. The zero-order valence-electron chi connectivity index (χ0n) is 30.3. The minimum absolute atomic E-state index is 0.0160. The predicted octanol–water partition coefficient (Wildman–Crippen LogP) is -1.10. The van der Waals surface area contributed by atoms with Gasteiger partial charge in [-0.05, 0) is 56.8 Å². The molecule has 0 aromatic rings. The molecule has 13 N–H and O–H groups in total. The first kappa shape index (κ1) is 45.5. The number of carboxylic acid groups (broad SMARTS) is 2. The number of hydrogen-bond acceptors (Lipinski definition) is 9. The van der Waals surface area contributed by atoms with Crippen molar-refractivity contribution in [3.8, 4) is 0 Å². The van der Waals surface area contributed by atoms with Crippen LogP contribution in [0.25, 0.3) is 0 Å². The summed E-state index contributed by atoms with van der Waals surface area (Å²) >= 11 is 0. The molecule has 0 aliphatic carbocycles. The van der Waals surface area contributed by atoms with Gasteiger partial charge in [0.2, 0.25) is 29.5 Å². The van der Waals surface area contributed by atoms with Crippen LogP contribution in [0, 0.1) is 17.8 Å². The lowest BCUT2D eigenvalue weighted by Gasteiger charge is -2.29. The molecule has 0 rings (SSSR count). The van der Waals surface area contributed by atoms with Gasteiger partial charge in [-0.3, -0.25) is 38.6 Å². The van der Waals surface area contributed by atoms with Gasteiger partial charge in [0.25, 0.3) is 0 Å². The molecule has 0 saturated carbocycles. The molecule has 0 heterocycles. The fraction of sp³-hybridized carbons (Fsp3) is 0.750. The average Bonchev–Trinajstić information content (AvgIpc) is 3.01. The summed E-state index contributed by atoms with van der Waals surface area (Å²) in [5.41, 5.74) is 16.8. The molecule has 0 bridgehead atoms.